The van der Waals surface area contributed by atoms with Crippen LogP contribution in [0.3, 0.4) is 0 Å². The maximum Gasteiger partial charge on any atom is 0.223 e. The SMILES string of the molecule is CC(C(=O)NCc1ccccc1Cl)C1CNC1. The van der Waals surface area contributed by atoms with Crippen LogP contribution in [0.5, 0.6) is 0 Å². The first-order valence-corrected chi connectivity index (χ1v) is 6.28. The minimum atomic E-state index is 0.0683. The number of halogens is 1. The van der Waals surface area contributed by atoms with Crippen molar-refractivity contribution in [2.24, 2.45) is 11.8 Å². The van der Waals surface area contributed by atoms with E-state index in [0.29, 0.717) is 17.5 Å². The minimum Gasteiger partial charge on any atom is -0.352 e. The molecule has 0 aromatic heterocycles. The molecular weight excluding hydrogens is 236 g/mol. The van der Waals surface area contributed by atoms with Crippen molar-refractivity contribution in [3.05, 3.63) is 34.9 Å². The van der Waals surface area contributed by atoms with Gasteiger partial charge in [-0.25, -0.2) is 0 Å². The van der Waals surface area contributed by atoms with Gasteiger partial charge >= 0.3 is 0 Å². The highest BCUT2D eigenvalue weighted by molar-refractivity contribution is 6.31. The lowest BCUT2D eigenvalue weighted by atomic mass is 9.88. The Kier molecular flexibility index (Phi) is 4.02. The fourth-order valence-electron chi connectivity index (χ4n) is 1.86. The molecule has 1 unspecified atom stereocenters. The Morgan fingerprint density at radius 1 is 1.53 bits per heavy atom. The molecule has 1 atom stereocenters. The lowest BCUT2D eigenvalue weighted by molar-refractivity contribution is -0.126. The lowest BCUT2D eigenvalue weighted by Crippen LogP contribution is -2.49. The second kappa shape index (κ2) is 5.52. The highest BCUT2D eigenvalue weighted by atomic mass is 35.5. The van der Waals surface area contributed by atoms with Crippen LogP contribution in [-0.2, 0) is 11.3 Å². The van der Waals surface area contributed by atoms with E-state index in [4.69, 9.17) is 11.6 Å². The average molecular weight is 253 g/mol. The van der Waals surface area contributed by atoms with E-state index in [-0.39, 0.29) is 11.8 Å². The summed E-state index contributed by atoms with van der Waals surface area (Å²) in [6, 6.07) is 7.57. The van der Waals surface area contributed by atoms with Gasteiger partial charge in [0.2, 0.25) is 5.91 Å². The van der Waals surface area contributed by atoms with Gasteiger partial charge in [-0.1, -0.05) is 36.7 Å². The summed E-state index contributed by atoms with van der Waals surface area (Å²) in [5, 5.41) is 6.82. The van der Waals surface area contributed by atoms with Crippen LogP contribution in [0.1, 0.15) is 12.5 Å². The summed E-state index contributed by atoms with van der Waals surface area (Å²) in [4.78, 5) is 11.9. The Hall–Kier alpha value is -1.06. The zero-order valence-electron chi connectivity index (χ0n) is 9.87. The van der Waals surface area contributed by atoms with Gasteiger partial charge in [-0.05, 0) is 30.6 Å². The van der Waals surface area contributed by atoms with Crippen LogP contribution in [0.4, 0.5) is 0 Å². The average Bonchev–Trinajstić information content (AvgIpc) is 2.25. The zero-order chi connectivity index (χ0) is 12.3. The van der Waals surface area contributed by atoms with E-state index < -0.39 is 0 Å². The molecule has 1 heterocycles. The van der Waals surface area contributed by atoms with Crippen LogP contribution in [0, 0.1) is 11.8 Å². The van der Waals surface area contributed by atoms with Crippen LogP contribution in [0.25, 0.3) is 0 Å². The summed E-state index contributed by atoms with van der Waals surface area (Å²) in [5.74, 6) is 0.649. The van der Waals surface area contributed by atoms with Crippen LogP contribution < -0.4 is 10.6 Å². The third-order valence-electron chi connectivity index (χ3n) is 3.34. The molecule has 3 nitrogen and oxygen atoms in total. The van der Waals surface area contributed by atoms with Gasteiger partial charge in [0.05, 0.1) is 0 Å². The first kappa shape index (κ1) is 12.4. The van der Waals surface area contributed by atoms with E-state index in [2.05, 4.69) is 10.6 Å². The van der Waals surface area contributed by atoms with E-state index in [0.717, 1.165) is 18.7 Å². The summed E-state index contributed by atoms with van der Waals surface area (Å²) in [5.41, 5.74) is 0.960. The molecule has 1 fully saturated rings. The molecule has 17 heavy (non-hydrogen) atoms. The first-order chi connectivity index (χ1) is 8.18. The maximum absolute atomic E-state index is 11.9. The molecule has 4 heteroatoms. The number of rotatable bonds is 4. The standard InChI is InChI=1S/C13H17ClN2O/c1-9(11-6-15-7-11)13(17)16-8-10-4-2-3-5-12(10)14/h2-5,9,11,15H,6-8H2,1H3,(H,16,17). The highest BCUT2D eigenvalue weighted by Gasteiger charge is 2.28. The largest absolute Gasteiger partial charge is 0.352 e. The van der Waals surface area contributed by atoms with Gasteiger partial charge < -0.3 is 10.6 Å². The zero-order valence-corrected chi connectivity index (χ0v) is 10.6. The molecule has 1 amide bonds. The normalized spacial score (nSPS) is 17.3. The number of carbonyl (C=O) groups is 1. The molecule has 0 saturated carbocycles. The Morgan fingerprint density at radius 3 is 2.82 bits per heavy atom. The maximum atomic E-state index is 11.9. The Bertz CT molecular complexity index is 404. The predicted octanol–water partition coefficient (Wildman–Crippen LogP) is 1.81. The number of amides is 1. The Morgan fingerprint density at radius 2 is 2.24 bits per heavy atom. The molecule has 1 aliphatic heterocycles. The summed E-state index contributed by atoms with van der Waals surface area (Å²) in [6.07, 6.45) is 0. The van der Waals surface area contributed by atoms with Crippen molar-refractivity contribution >= 4 is 17.5 Å². The predicted molar refractivity (Wildman–Crippen MR) is 68.8 cm³/mol. The van der Waals surface area contributed by atoms with Crippen LogP contribution in [0.15, 0.2) is 24.3 Å². The van der Waals surface area contributed by atoms with Crippen molar-refractivity contribution < 1.29 is 4.79 Å². The quantitative estimate of drug-likeness (QED) is 0.858. The molecular formula is C13H17ClN2O. The number of hydrogen-bond acceptors (Lipinski definition) is 2. The molecule has 1 aromatic rings. The van der Waals surface area contributed by atoms with Gasteiger partial charge in [0.1, 0.15) is 0 Å². The highest BCUT2D eigenvalue weighted by Crippen LogP contribution is 2.17. The van der Waals surface area contributed by atoms with E-state index in [1.54, 1.807) is 0 Å². The van der Waals surface area contributed by atoms with Gasteiger partial charge in [-0.3, -0.25) is 4.79 Å². The van der Waals surface area contributed by atoms with Gasteiger partial charge in [0, 0.05) is 17.5 Å². The lowest BCUT2D eigenvalue weighted by Gasteiger charge is -2.31. The molecule has 2 rings (SSSR count). The fourth-order valence-corrected chi connectivity index (χ4v) is 2.07. The summed E-state index contributed by atoms with van der Waals surface area (Å²) < 4.78 is 0. The summed E-state index contributed by atoms with van der Waals surface area (Å²) in [7, 11) is 0. The van der Waals surface area contributed by atoms with Crippen molar-refractivity contribution in [1.82, 2.24) is 10.6 Å². The molecule has 0 spiro atoms. The van der Waals surface area contributed by atoms with Gasteiger partial charge in [0.25, 0.3) is 0 Å². The third-order valence-corrected chi connectivity index (χ3v) is 3.71. The number of hydrogen-bond donors (Lipinski definition) is 2. The molecule has 1 aromatic carbocycles. The summed E-state index contributed by atoms with van der Waals surface area (Å²) >= 11 is 6.03. The monoisotopic (exact) mass is 252 g/mol. The van der Waals surface area contributed by atoms with E-state index in [1.165, 1.54) is 0 Å². The second-order valence-corrected chi connectivity index (χ2v) is 4.92. The van der Waals surface area contributed by atoms with Crippen LogP contribution >= 0.6 is 11.6 Å². The Labute approximate surface area is 107 Å². The van der Waals surface area contributed by atoms with Gasteiger partial charge in [-0.15, -0.1) is 0 Å². The van der Waals surface area contributed by atoms with Gasteiger partial charge in [-0.2, -0.15) is 0 Å². The minimum absolute atomic E-state index is 0.0683. The third kappa shape index (κ3) is 2.99. The smallest absolute Gasteiger partial charge is 0.223 e. The van der Waals surface area contributed by atoms with Crippen molar-refractivity contribution in [1.29, 1.82) is 0 Å². The number of nitrogens with one attached hydrogen (secondary N) is 2. The van der Waals surface area contributed by atoms with Crippen molar-refractivity contribution in [3.63, 3.8) is 0 Å². The van der Waals surface area contributed by atoms with Crippen molar-refractivity contribution in [2.75, 3.05) is 13.1 Å². The van der Waals surface area contributed by atoms with Gasteiger partial charge in [0.15, 0.2) is 0 Å². The van der Waals surface area contributed by atoms with E-state index in [1.807, 2.05) is 31.2 Å². The molecule has 0 bridgehead atoms. The topological polar surface area (TPSA) is 41.1 Å². The molecule has 2 N–H and O–H groups in total. The van der Waals surface area contributed by atoms with Crippen molar-refractivity contribution in [3.8, 4) is 0 Å². The van der Waals surface area contributed by atoms with E-state index in [9.17, 15) is 4.79 Å². The van der Waals surface area contributed by atoms with Crippen molar-refractivity contribution in [2.45, 2.75) is 13.5 Å². The van der Waals surface area contributed by atoms with Crippen LogP contribution in [-0.4, -0.2) is 19.0 Å². The van der Waals surface area contributed by atoms with Crippen LogP contribution in [0.2, 0.25) is 5.02 Å². The molecule has 1 aliphatic rings. The Balaban J connectivity index is 1.85. The van der Waals surface area contributed by atoms with E-state index >= 15 is 0 Å². The first-order valence-electron chi connectivity index (χ1n) is 5.90. The molecule has 1 saturated heterocycles. The molecule has 92 valence electrons. The molecule has 0 radical (unpaired) electrons. The second-order valence-electron chi connectivity index (χ2n) is 4.52. The fraction of sp³-hybridized carbons (Fsp3) is 0.462. The number of carbonyl (C=O) groups excluding carboxylic acids is 1. The summed E-state index contributed by atoms with van der Waals surface area (Å²) in [6.45, 7) is 4.37. The number of benzene rings is 1. The molecule has 0 aliphatic carbocycles.